The molecule has 1 amide bonds. The first-order valence-corrected chi connectivity index (χ1v) is 6.08. The number of amides is 1. The molecule has 0 aliphatic rings. The SMILES string of the molecule is Cc1ccccc1OCC(=O)Nc1c(C)n[nH]c1C.Cl. The van der Waals surface area contributed by atoms with E-state index in [0.29, 0.717) is 0 Å². The molecule has 1 heterocycles. The van der Waals surface area contributed by atoms with Gasteiger partial charge in [-0.3, -0.25) is 9.89 Å². The van der Waals surface area contributed by atoms with Gasteiger partial charge in [-0.05, 0) is 32.4 Å². The molecule has 0 saturated carbocycles. The standard InChI is InChI=1S/C14H17N3O2.ClH/c1-9-6-4-5-7-12(9)19-8-13(18)15-14-10(2)16-17-11(14)3;/h4-7H,8H2,1-3H3,(H,15,18)(H,16,17);1H. The van der Waals surface area contributed by atoms with Crippen molar-refractivity contribution in [2.24, 2.45) is 0 Å². The van der Waals surface area contributed by atoms with Crippen LogP contribution in [0.15, 0.2) is 24.3 Å². The van der Waals surface area contributed by atoms with Crippen molar-refractivity contribution in [2.75, 3.05) is 11.9 Å². The van der Waals surface area contributed by atoms with Gasteiger partial charge in [-0.25, -0.2) is 0 Å². The highest BCUT2D eigenvalue weighted by molar-refractivity contribution is 5.92. The first-order chi connectivity index (χ1) is 9.08. The van der Waals surface area contributed by atoms with Crippen LogP contribution in [-0.4, -0.2) is 22.7 Å². The molecule has 0 saturated heterocycles. The van der Waals surface area contributed by atoms with Crippen LogP contribution in [0.1, 0.15) is 17.0 Å². The van der Waals surface area contributed by atoms with Gasteiger partial charge in [-0.2, -0.15) is 5.10 Å². The Bertz CT molecular complexity index is 576. The number of benzene rings is 1. The largest absolute Gasteiger partial charge is 0.483 e. The molecule has 0 spiro atoms. The minimum atomic E-state index is -0.198. The number of halogens is 1. The summed E-state index contributed by atoms with van der Waals surface area (Å²) in [6.07, 6.45) is 0. The molecule has 2 rings (SSSR count). The van der Waals surface area contributed by atoms with Gasteiger partial charge < -0.3 is 10.1 Å². The lowest BCUT2D eigenvalue weighted by Gasteiger charge is -2.09. The monoisotopic (exact) mass is 295 g/mol. The summed E-state index contributed by atoms with van der Waals surface area (Å²) in [6, 6.07) is 7.60. The number of ether oxygens (including phenoxy) is 1. The lowest BCUT2D eigenvalue weighted by molar-refractivity contribution is -0.118. The fourth-order valence-corrected chi connectivity index (χ4v) is 1.77. The molecule has 0 aliphatic carbocycles. The molecule has 5 nitrogen and oxygen atoms in total. The number of rotatable bonds is 4. The number of carbonyl (C=O) groups excluding carboxylic acids is 1. The Hall–Kier alpha value is -2.01. The molecule has 2 aromatic rings. The van der Waals surface area contributed by atoms with Gasteiger partial charge in [0.15, 0.2) is 6.61 Å². The summed E-state index contributed by atoms with van der Waals surface area (Å²) in [6.45, 7) is 5.62. The second kappa shape index (κ2) is 6.96. The van der Waals surface area contributed by atoms with Gasteiger partial charge in [0.1, 0.15) is 5.75 Å². The van der Waals surface area contributed by atoms with E-state index in [4.69, 9.17) is 4.74 Å². The number of hydrogen-bond donors (Lipinski definition) is 2. The molecule has 0 atom stereocenters. The van der Waals surface area contributed by atoms with Crippen molar-refractivity contribution in [3.05, 3.63) is 41.2 Å². The lowest BCUT2D eigenvalue weighted by Crippen LogP contribution is -2.21. The summed E-state index contributed by atoms with van der Waals surface area (Å²) in [5, 5.41) is 9.63. The van der Waals surface area contributed by atoms with E-state index in [0.717, 1.165) is 28.4 Å². The van der Waals surface area contributed by atoms with E-state index in [9.17, 15) is 4.79 Å². The molecule has 0 aliphatic heterocycles. The van der Waals surface area contributed by atoms with Gasteiger partial charge >= 0.3 is 0 Å². The van der Waals surface area contributed by atoms with Crippen molar-refractivity contribution in [2.45, 2.75) is 20.8 Å². The summed E-state index contributed by atoms with van der Waals surface area (Å²) in [7, 11) is 0. The Morgan fingerprint density at radius 2 is 2.00 bits per heavy atom. The highest BCUT2D eigenvalue weighted by Crippen LogP contribution is 2.17. The Kier molecular flexibility index (Phi) is 5.58. The van der Waals surface area contributed by atoms with Crippen molar-refractivity contribution in [3.63, 3.8) is 0 Å². The average Bonchev–Trinajstić information content (AvgIpc) is 2.70. The third-order valence-corrected chi connectivity index (χ3v) is 2.84. The second-order valence-electron chi connectivity index (χ2n) is 4.41. The van der Waals surface area contributed by atoms with Gasteiger partial charge in [0.2, 0.25) is 0 Å². The predicted octanol–water partition coefficient (Wildman–Crippen LogP) is 2.77. The molecular formula is C14H18ClN3O2. The number of hydrogen-bond acceptors (Lipinski definition) is 3. The molecule has 108 valence electrons. The number of carbonyl (C=O) groups is 1. The summed E-state index contributed by atoms with van der Waals surface area (Å²) in [5.74, 6) is 0.522. The number of nitrogens with one attached hydrogen (secondary N) is 2. The van der Waals surface area contributed by atoms with Gasteiger partial charge in [0, 0.05) is 0 Å². The van der Waals surface area contributed by atoms with Crippen LogP contribution in [0.25, 0.3) is 0 Å². The maximum atomic E-state index is 11.8. The Labute approximate surface area is 124 Å². The normalized spacial score (nSPS) is 9.75. The zero-order valence-electron chi connectivity index (χ0n) is 11.7. The maximum absolute atomic E-state index is 11.8. The third kappa shape index (κ3) is 3.74. The molecular weight excluding hydrogens is 278 g/mol. The molecule has 0 bridgehead atoms. The van der Waals surface area contributed by atoms with Crippen molar-refractivity contribution in [1.82, 2.24) is 10.2 Å². The average molecular weight is 296 g/mol. The molecule has 1 aromatic heterocycles. The van der Waals surface area contributed by atoms with Crippen LogP contribution in [0, 0.1) is 20.8 Å². The molecule has 0 radical (unpaired) electrons. The third-order valence-electron chi connectivity index (χ3n) is 2.84. The van der Waals surface area contributed by atoms with Gasteiger partial charge in [0.05, 0.1) is 17.1 Å². The van der Waals surface area contributed by atoms with Crippen LogP contribution in [0.4, 0.5) is 5.69 Å². The van der Waals surface area contributed by atoms with E-state index >= 15 is 0 Å². The highest BCUT2D eigenvalue weighted by Gasteiger charge is 2.10. The predicted molar refractivity (Wildman–Crippen MR) is 80.6 cm³/mol. The number of aryl methyl sites for hydroxylation is 3. The number of aromatic nitrogens is 2. The minimum Gasteiger partial charge on any atom is -0.483 e. The number of para-hydroxylation sites is 1. The smallest absolute Gasteiger partial charge is 0.262 e. The number of H-pyrrole nitrogens is 1. The quantitative estimate of drug-likeness (QED) is 0.911. The van der Waals surface area contributed by atoms with Crippen LogP contribution >= 0.6 is 12.4 Å². The van der Waals surface area contributed by atoms with Crippen LogP contribution in [0.5, 0.6) is 5.75 Å². The Morgan fingerprint density at radius 3 is 2.60 bits per heavy atom. The van der Waals surface area contributed by atoms with E-state index in [1.807, 2.05) is 45.0 Å². The Balaban J connectivity index is 0.00000200. The van der Waals surface area contributed by atoms with Gasteiger partial charge in [-0.1, -0.05) is 18.2 Å². The molecule has 6 heteroatoms. The zero-order valence-corrected chi connectivity index (χ0v) is 12.5. The van der Waals surface area contributed by atoms with Crippen LogP contribution < -0.4 is 10.1 Å². The van der Waals surface area contributed by atoms with Crippen molar-refractivity contribution < 1.29 is 9.53 Å². The fourth-order valence-electron chi connectivity index (χ4n) is 1.77. The van der Waals surface area contributed by atoms with E-state index in [-0.39, 0.29) is 24.9 Å². The summed E-state index contributed by atoms with van der Waals surface area (Å²) >= 11 is 0. The number of anilines is 1. The Morgan fingerprint density at radius 1 is 1.30 bits per heavy atom. The summed E-state index contributed by atoms with van der Waals surface area (Å²) < 4.78 is 5.48. The van der Waals surface area contributed by atoms with Gasteiger partial charge in [-0.15, -0.1) is 12.4 Å². The summed E-state index contributed by atoms with van der Waals surface area (Å²) in [5.41, 5.74) is 3.33. The fraction of sp³-hybridized carbons (Fsp3) is 0.286. The highest BCUT2D eigenvalue weighted by atomic mass is 35.5. The van der Waals surface area contributed by atoms with Crippen molar-refractivity contribution >= 4 is 24.0 Å². The van der Waals surface area contributed by atoms with Crippen molar-refractivity contribution in [3.8, 4) is 5.75 Å². The second-order valence-corrected chi connectivity index (χ2v) is 4.41. The topological polar surface area (TPSA) is 67.0 Å². The first kappa shape index (κ1) is 16.0. The molecule has 1 aromatic carbocycles. The van der Waals surface area contributed by atoms with E-state index in [1.165, 1.54) is 0 Å². The lowest BCUT2D eigenvalue weighted by atomic mass is 10.2. The van der Waals surface area contributed by atoms with Crippen LogP contribution in [0.2, 0.25) is 0 Å². The molecule has 2 N–H and O–H groups in total. The zero-order chi connectivity index (χ0) is 13.8. The number of nitrogens with zero attached hydrogens (tertiary/aromatic N) is 1. The van der Waals surface area contributed by atoms with Crippen molar-refractivity contribution in [1.29, 1.82) is 0 Å². The first-order valence-electron chi connectivity index (χ1n) is 6.08. The van der Waals surface area contributed by atoms with E-state index in [2.05, 4.69) is 15.5 Å². The molecule has 0 unspecified atom stereocenters. The number of aromatic amines is 1. The summed E-state index contributed by atoms with van der Waals surface area (Å²) in [4.78, 5) is 11.8. The molecule has 0 fully saturated rings. The maximum Gasteiger partial charge on any atom is 0.262 e. The van der Waals surface area contributed by atoms with E-state index in [1.54, 1.807) is 0 Å². The van der Waals surface area contributed by atoms with Crippen LogP contribution in [-0.2, 0) is 4.79 Å². The minimum absolute atomic E-state index is 0. The van der Waals surface area contributed by atoms with Gasteiger partial charge in [0.25, 0.3) is 5.91 Å². The van der Waals surface area contributed by atoms with E-state index < -0.39 is 0 Å². The molecule has 20 heavy (non-hydrogen) atoms. The van der Waals surface area contributed by atoms with Crippen LogP contribution in [0.3, 0.4) is 0 Å².